The first-order chi connectivity index (χ1) is 12.0. The standard InChI is InChI=1S/C21H30N2O2/c1-16-13-17(9-11-20(16)24)7-5-4-6-12-23(2)15-18-8-10-19(22)21(14-18)25-3/h8-10,13-14H,4-7,11-12,15,22H2,1-3H3. The van der Waals surface area contributed by atoms with Gasteiger partial charge in [0.15, 0.2) is 5.78 Å². The molecule has 0 radical (unpaired) electrons. The van der Waals surface area contributed by atoms with Gasteiger partial charge in [-0.25, -0.2) is 0 Å². The Balaban J connectivity index is 1.66. The number of ketones is 1. The molecule has 1 aliphatic rings. The van der Waals surface area contributed by atoms with Crippen molar-refractivity contribution in [2.24, 2.45) is 0 Å². The maximum absolute atomic E-state index is 11.5. The molecule has 0 aliphatic heterocycles. The third kappa shape index (κ3) is 6.05. The number of rotatable bonds is 9. The number of carbonyl (C=O) groups is 1. The van der Waals surface area contributed by atoms with Crippen LogP contribution in [0.25, 0.3) is 0 Å². The molecule has 0 heterocycles. The normalized spacial score (nSPS) is 14.5. The molecule has 1 aromatic carbocycles. The van der Waals surface area contributed by atoms with E-state index in [0.717, 1.165) is 30.8 Å². The van der Waals surface area contributed by atoms with Gasteiger partial charge in [-0.15, -0.1) is 0 Å². The Morgan fingerprint density at radius 3 is 2.76 bits per heavy atom. The van der Waals surface area contributed by atoms with Gasteiger partial charge in [-0.05, 0) is 63.0 Å². The molecule has 0 atom stereocenters. The molecule has 0 aromatic heterocycles. The summed E-state index contributed by atoms with van der Waals surface area (Å²) in [5, 5.41) is 0. The minimum Gasteiger partial charge on any atom is -0.495 e. The zero-order valence-corrected chi connectivity index (χ0v) is 15.7. The summed E-state index contributed by atoms with van der Waals surface area (Å²) in [5.74, 6) is 0.998. The second-order valence-corrected chi connectivity index (χ2v) is 6.86. The minimum absolute atomic E-state index is 0.254. The SMILES string of the molecule is COc1cc(CN(C)CCCCCC2=CCC(=O)C(C)=C2)ccc1N. The zero-order chi connectivity index (χ0) is 18.2. The Hall–Kier alpha value is -2.07. The van der Waals surface area contributed by atoms with Crippen molar-refractivity contribution in [1.82, 2.24) is 4.90 Å². The number of unbranched alkanes of at least 4 members (excludes halogenated alkanes) is 2. The lowest BCUT2D eigenvalue weighted by molar-refractivity contribution is -0.114. The lowest BCUT2D eigenvalue weighted by Gasteiger charge is -2.17. The summed E-state index contributed by atoms with van der Waals surface area (Å²) >= 11 is 0. The Kier molecular flexibility index (Phi) is 7.26. The highest BCUT2D eigenvalue weighted by atomic mass is 16.5. The number of hydrogen-bond acceptors (Lipinski definition) is 4. The van der Waals surface area contributed by atoms with Gasteiger partial charge in [-0.3, -0.25) is 4.79 Å². The Bertz CT molecular complexity index is 662. The summed E-state index contributed by atoms with van der Waals surface area (Å²) in [6.45, 7) is 3.88. The molecule has 2 N–H and O–H groups in total. The van der Waals surface area contributed by atoms with E-state index < -0.39 is 0 Å². The van der Waals surface area contributed by atoms with Gasteiger partial charge in [-0.2, -0.15) is 0 Å². The summed E-state index contributed by atoms with van der Waals surface area (Å²) in [5.41, 5.74) is 9.97. The smallest absolute Gasteiger partial charge is 0.162 e. The summed E-state index contributed by atoms with van der Waals surface area (Å²) in [6, 6.07) is 5.97. The average molecular weight is 342 g/mol. The van der Waals surface area contributed by atoms with E-state index in [1.54, 1.807) is 7.11 Å². The Labute approximate surface area is 151 Å². The molecular weight excluding hydrogens is 312 g/mol. The van der Waals surface area contributed by atoms with E-state index in [1.807, 2.05) is 25.1 Å². The van der Waals surface area contributed by atoms with Crippen molar-refractivity contribution >= 4 is 11.5 Å². The first-order valence-corrected chi connectivity index (χ1v) is 9.01. The highest BCUT2D eigenvalue weighted by Crippen LogP contribution is 2.23. The van der Waals surface area contributed by atoms with Crippen molar-refractivity contribution in [1.29, 1.82) is 0 Å². The fourth-order valence-corrected chi connectivity index (χ4v) is 3.11. The van der Waals surface area contributed by atoms with E-state index >= 15 is 0 Å². The Morgan fingerprint density at radius 1 is 1.24 bits per heavy atom. The molecule has 4 heteroatoms. The predicted molar refractivity (Wildman–Crippen MR) is 104 cm³/mol. The molecule has 136 valence electrons. The lowest BCUT2D eigenvalue weighted by Crippen LogP contribution is -2.19. The van der Waals surface area contributed by atoms with Crippen LogP contribution in [0.4, 0.5) is 5.69 Å². The Morgan fingerprint density at radius 2 is 2.04 bits per heavy atom. The number of allylic oxidation sites excluding steroid dienone is 4. The topological polar surface area (TPSA) is 55.6 Å². The molecule has 1 aliphatic carbocycles. The largest absolute Gasteiger partial charge is 0.495 e. The van der Waals surface area contributed by atoms with Crippen LogP contribution in [0, 0.1) is 0 Å². The second kappa shape index (κ2) is 9.42. The van der Waals surface area contributed by atoms with Crippen molar-refractivity contribution in [2.45, 2.75) is 45.6 Å². The molecule has 0 saturated heterocycles. The van der Waals surface area contributed by atoms with Crippen molar-refractivity contribution in [3.63, 3.8) is 0 Å². The molecule has 0 spiro atoms. The van der Waals surface area contributed by atoms with Gasteiger partial charge in [0.2, 0.25) is 0 Å². The molecule has 25 heavy (non-hydrogen) atoms. The number of Topliss-reactive ketones (excluding diaryl/α,β-unsaturated/α-hetero) is 1. The van der Waals surface area contributed by atoms with Crippen LogP contribution in [0.2, 0.25) is 0 Å². The molecule has 0 unspecified atom stereocenters. The van der Waals surface area contributed by atoms with Crippen LogP contribution >= 0.6 is 0 Å². The number of nitrogens with two attached hydrogens (primary N) is 1. The van der Waals surface area contributed by atoms with Gasteiger partial charge in [0.1, 0.15) is 5.75 Å². The summed E-state index contributed by atoms with van der Waals surface area (Å²) < 4.78 is 5.28. The number of anilines is 1. The maximum atomic E-state index is 11.5. The monoisotopic (exact) mass is 342 g/mol. The van der Waals surface area contributed by atoms with Gasteiger partial charge in [-0.1, -0.05) is 30.2 Å². The molecule has 2 rings (SSSR count). The van der Waals surface area contributed by atoms with E-state index in [-0.39, 0.29) is 5.78 Å². The first kappa shape index (κ1) is 19.3. The van der Waals surface area contributed by atoms with E-state index in [0.29, 0.717) is 12.1 Å². The van der Waals surface area contributed by atoms with Gasteiger partial charge >= 0.3 is 0 Å². The molecule has 0 fully saturated rings. The lowest BCUT2D eigenvalue weighted by atomic mass is 9.96. The van der Waals surface area contributed by atoms with Crippen molar-refractivity contribution < 1.29 is 9.53 Å². The van der Waals surface area contributed by atoms with Crippen LogP contribution in [0.3, 0.4) is 0 Å². The number of hydrogen-bond donors (Lipinski definition) is 1. The number of benzene rings is 1. The second-order valence-electron chi connectivity index (χ2n) is 6.86. The number of carbonyl (C=O) groups excluding carboxylic acids is 1. The van der Waals surface area contributed by atoms with Gasteiger partial charge < -0.3 is 15.4 Å². The van der Waals surface area contributed by atoms with E-state index in [1.165, 1.54) is 30.4 Å². The summed E-state index contributed by atoms with van der Waals surface area (Å²) in [4.78, 5) is 13.8. The maximum Gasteiger partial charge on any atom is 0.162 e. The van der Waals surface area contributed by atoms with Crippen LogP contribution in [-0.4, -0.2) is 31.4 Å². The minimum atomic E-state index is 0.254. The van der Waals surface area contributed by atoms with Crippen LogP contribution in [0.1, 0.15) is 44.6 Å². The highest BCUT2D eigenvalue weighted by molar-refractivity contribution is 5.97. The number of ether oxygens (including phenoxy) is 1. The van der Waals surface area contributed by atoms with E-state index in [9.17, 15) is 4.79 Å². The number of nitrogen functional groups attached to an aromatic ring is 1. The zero-order valence-electron chi connectivity index (χ0n) is 15.7. The average Bonchev–Trinajstić information content (AvgIpc) is 2.59. The quantitative estimate of drug-likeness (QED) is 0.542. The fourth-order valence-electron chi connectivity index (χ4n) is 3.11. The third-order valence-electron chi connectivity index (χ3n) is 4.65. The van der Waals surface area contributed by atoms with Crippen LogP contribution in [0.15, 0.2) is 41.5 Å². The third-order valence-corrected chi connectivity index (χ3v) is 4.65. The molecule has 4 nitrogen and oxygen atoms in total. The van der Waals surface area contributed by atoms with Crippen LogP contribution in [0.5, 0.6) is 5.75 Å². The van der Waals surface area contributed by atoms with Crippen molar-refractivity contribution in [2.75, 3.05) is 26.4 Å². The number of methoxy groups -OCH3 is 1. The number of nitrogens with zero attached hydrogens (tertiary/aromatic N) is 1. The van der Waals surface area contributed by atoms with Crippen LogP contribution < -0.4 is 10.5 Å². The summed E-state index contributed by atoms with van der Waals surface area (Å²) in [7, 11) is 3.79. The molecule has 0 amide bonds. The van der Waals surface area contributed by atoms with E-state index in [2.05, 4.69) is 24.1 Å². The van der Waals surface area contributed by atoms with Crippen molar-refractivity contribution in [3.05, 3.63) is 47.1 Å². The van der Waals surface area contributed by atoms with Gasteiger partial charge in [0.25, 0.3) is 0 Å². The summed E-state index contributed by atoms with van der Waals surface area (Å²) in [6.07, 6.45) is 9.33. The highest BCUT2D eigenvalue weighted by Gasteiger charge is 2.09. The van der Waals surface area contributed by atoms with Crippen LogP contribution in [-0.2, 0) is 11.3 Å². The van der Waals surface area contributed by atoms with Gasteiger partial charge in [0, 0.05) is 13.0 Å². The predicted octanol–water partition coefficient (Wildman–Crippen LogP) is 4.12. The molecule has 0 bridgehead atoms. The van der Waals surface area contributed by atoms with Gasteiger partial charge in [0.05, 0.1) is 12.8 Å². The first-order valence-electron chi connectivity index (χ1n) is 9.01. The molecular formula is C21H30N2O2. The van der Waals surface area contributed by atoms with E-state index in [4.69, 9.17) is 10.5 Å². The fraction of sp³-hybridized carbons (Fsp3) is 0.476. The molecule has 0 saturated carbocycles. The van der Waals surface area contributed by atoms with Crippen molar-refractivity contribution in [3.8, 4) is 5.75 Å². The molecule has 1 aromatic rings.